The van der Waals surface area contributed by atoms with E-state index in [4.69, 9.17) is 16.3 Å². The van der Waals surface area contributed by atoms with Gasteiger partial charge in [-0.1, -0.05) is 35.9 Å². The van der Waals surface area contributed by atoms with Gasteiger partial charge >= 0.3 is 0 Å². The molecule has 0 unspecified atom stereocenters. The Morgan fingerprint density at radius 3 is 2.64 bits per heavy atom. The smallest absolute Gasteiger partial charge is 0.225 e. The topological polar surface area (TPSA) is 75.6 Å². The fourth-order valence-corrected chi connectivity index (χ4v) is 4.47. The van der Waals surface area contributed by atoms with E-state index in [2.05, 4.69) is 5.32 Å². The number of carbonyl (C=O) groups excluding carboxylic acids is 2. The molecule has 0 aromatic heterocycles. The molecule has 0 fully saturated rings. The number of nitrogens with one attached hydrogen (secondary N) is 1. The van der Waals surface area contributed by atoms with Crippen molar-refractivity contribution in [3.63, 3.8) is 0 Å². The van der Waals surface area contributed by atoms with Crippen molar-refractivity contribution in [1.29, 1.82) is 0 Å². The molecule has 1 aliphatic carbocycles. The largest absolute Gasteiger partial charge is 0.504 e. The minimum Gasteiger partial charge on any atom is -0.504 e. The molecule has 2 aromatic rings. The average Bonchev–Trinajstić information content (AvgIpc) is 2.67. The fourth-order valence-electron chi connectivity index (χ4n) is 4.18. The zero-order valence-electron chi connectivity index (χ0n) is 15.4. The van der Waals surface area contributed by atoms with Crippen LogP contribution in [0.15, 0.2) is 53.7 Å². The molecular formula is C22H20ClNO4. The molecule has 2 atom stereocenters. The second-order valence-corrected chi connectivity index (χ2v) is 7.59. The van der Waals surface area contributed by atoms with E-state index in [0.29, 0.717) is 34.9 Å². The number of amides is 1. The highest BCUT2D eigenvalue weighted by molar-refractivity contribution is 6.31. The summed E-state index contributed by atoms with van der Waals surface area (Å²) in [7, 11) is 1.47. The Bertz CT molecular complexity index is 998. The zero-order chi connectivity index (χ0) is 19.8. The van der Waals surface area contributed by atoms with Gasteiger partial charge in [0.1, 0.15) is 0 Å². The predicted molar refractivity (Wildman–Crippen MR) is 106 cm³/mol. The molecular weight excluding hydrogens is 378 g/mol. The Labute approximate surface area is 168 Å². The number of benzene rings is 2. The summed E-state index contributed by atoms with van der Waals surface area (Å²) in [6, 6.07) is 12.5. The van der Waals surface area contributed by atoms with Crippen LogP contribution >= 0.6 is 11.6 Å². The van der Waals surface area contributed by atoms with E-state index >= 15 is 0 Å². The molecule has 0 radical (unpaired) electrons. The van der Waals surface area contributed by atoms with Gasteiger partial charge in [-0.25, -0.2) is 0 Å². The Morgan fingerprint density at radius 2 is 1.89 bits per heavy atom. The number of hydrogen-bond donors (Lipinski definition) is 2. The molecule has 28 heavy (non-hydrogen) atoms. The molecule has 0 saturated heterocycles. The van der Waals surface area contributed by atoms with E-state index in [1.165, 1.54) is 13.2 Å². The maximum atomic E-state index is 13.1. The Morgan fingerprint density at radius 1 is 1.11 bits per heavy atom. The van der Waals surface area contributed by atoms with Crippen LogP contribution in [-0.2, 0) is 9.59 Å². The number of methoxy groups -OCH3 is 1. The van der Waals surface area contributed by atoms with Crippen LogP contribution in [0.25, 0.3) is 0 Å². The number of rotatable bonds is 3. The second-order valence-electron chi connectivity index (χ2n) is 7.18. The molecule has 2 N–H and O–H groups in total. The molecule has 2 aromatic carbocycles. The highest BCUT2D eigenvalue weighted by Crippen LogP contribution is 2.44. The number of Topliss-reactive ketones (excluding diaryl/α,β-unsaturated/α-hetero) is 1. The first kappa shape index (κ1) is 18.6. The number of halogens is 1. The number of carbonyl (C=O) groups is 2. The van der Waals surface area contributed by atoms with Crippen molar-refractivity contribution in [3.8, 4) is 11.5 Å². The maximum absolute atomic E-state index is 13.1. The lowest BCUT2D eigenvalue weighted by Crippen LogP contribution is -2.38. The molecule has 1 aliphatic heterocycles. The number of allylic oxidation sites excluding steroid dienone is 2. The quantitative estimate of drug-likeness (QED) is 0.819. The summed E-state index contributed by atoms with van der Waals surface area (Å²) < 4.78 is 5.19. The summed E-state index contributed by atoms with van der Waals surface area (Å²) in [5, 5.41) is 13.4. The molecule has 0 bridgehead atoms. The number of ether oxygens (including phenoxy) is 1. The van der Waals surface area contributed by atoms with Crippen molar-refractivity contribution in [1.82, 2.24) is 5.32 Å². The van der Waals surface area contributed by atoms with E-state index < -0.39 is 0 Å². The molecule has 0 spiro atoms. The highest BCUT2D eigenvalue weighted by Gasteiger charge is 2.38. The van der Waals surface area contributed by atoms with E-state index in [-0.39, 0.29) is 35.7 Å². The van der Waals surface area contributed by atoms with Gasteiger partial charge in [-0.05, 0) is 41.7 Å². The Hall–Kier alpha value is -2.79. The molecule has 5 nitrogen and oxygen atoms in total. The monoisotopic (exact) mass is 397 g/mol. The second kappa shape index (κ2) is 7.32. The molecule has 1 amide bonds. The van der Waals surface area contributed by atoms with Crippen molar-refractivity contribution < 1.29 is 19.4 Å². The first-order chi connectivity index (χ1) is 13.5. The summed E-state index contributed by atoms with van der Waals surface area (Å²) >= 11 is 6.33. The highest BCUT2D eigenvalue weighted by atomic mass is 35.5. The van der Waals surface area contributed by atoms with Crippen LogP contribution < -0.4 is 10.1 Å². The van der Waals surface area contributed by atoms with Crippen molar-refractivity contribution in [2.24, 2.45) is 0 Å². The third kappa shape index (κ3) is 3.27. The van der Waals surface area contributed by atoms with Gasteiger partial charge in [0, 0.05) is 35.1 Å². The Balaban J connectivity index is 1.74. The van der Waals surface area contributed by atoms with Crippen molar-refractivity contribution in [2.75, 3.05) is 7.11 Å². The van der Waals surface area contributed by atoms with Crippen molar-refractivity contribution in [2.45, 2.75) is 31.1 Å². The zero-order valence-corrected chi connectivity index (χ0v) is 16.1. The maximum Gasteiger partial charge on any atom is 0.225 e. The number of phenolic OH excluding ortho intramolecular Hbond substituents is 1. The summed E-state index contributed by atoms with van der Waals surface area (Å²) in [5.41, 5.74) is 3.03. The van der Waals surface area contributed by atoms with Crippen LogP contribution in [-0.4, -0.2) is 23.9 Å². The number of aromatic hydroxyl groups is 1. The van der Waals surface area contributed by atoms with Crippen LogP contribution in [0, 0.1) is 0 Å². The van der Waals surface area contributed by atoms with E-state index in [1.807, 2.05) is 24.3 Å². The van der Waals surface area contributed by atoms with Gasteiger partial charge in [0.05, 0.1) is 7.11 Å². The predicted octanol–water partition coefficient (Wildman–Crippen LogP) is 4.06. The first-order valence-corrected chi connectivity index (χ1v) is 9.53. The van der Waals surface area contributed by atoms with E-state index in [1.54, 1.807) is 12.1 Å². The average molecular weight is 398 g/mol. The van der Waals surface area contributed by atoms with E-state index in [0.717, 1.165) is 11.1 Å². The minimum atomic E-state index is -0.349. The number of hydrogen-bond acceptors (Lipinski definition) is 4. The lowest BCUT2D eigenvalue weighted by molar-refractivity contribution is -0.122. The molecule has 144 valence electrons. The summed E-state index contributed by atoms with van der Waals surface area (Å²) in [6.07, 6.45) is 1.10. The molecule has 6 heteroatoms. The van der Waals surface area contributed by atoms with Gasteiger partial charge in [0.25, 0.3) is 0 Å². The normalized spacial score (nSPS) is 21.9. The van der Waals surface area contributed by atoms with Gasteiger partial charge in [0.15, 0.2) is 17.3 Å². The van der Waals surface area contributed by atoms with Gasteiger partial charge in [0.2, 0.25) is 5.91 Å². The van der Waals surface area contributed by atoms with Gasteiger partial charge < -0.3 is 15.2 Å². The summed E-state index contributed by atoms with van der Waals surface area (Å²) in [4.78, 5) is 25.5. The van der Waals surface area contributed by atoms with Crippen LogP contribution in [0.3, 0.4) is 0 Å². The third-order valence-electron chi connectivity index (χ3n) is 5.49. The number of phenols is 1. The van der Waals surface area contributed by atoms with Crippen LogP contribution in [0.2, 0.25) is 5.02 Å². The third-order valence-corrected chi connectivity index (χ3v) is 5.83. The minimum absolute atomic E-state index is 0.0169. The SMILES string of the molecule is COc1cc([C@H]2CC(=O)NC3=C2C(=O)C[C@@H](c2ccccc2Cl)C3)ccc1O. The van der Waals surface area contributed by atoms with Gasteiger partial charge in [-0.15, -0.1) is 0 Å². The standard InChI is InChI=1S/C22H20ClNO4/c1-28-20-10-12(6-7-18(20)25)15-11-21(27)24-17-8-13(9-19(26)22(15)17)14-4-2-3-5-16(14)23/h2-7,10,13,15,25H,8-9,11H2,1H3,(H,24,27)/t13-,15+/m0/s1. The number of ketones is 1. The fraction of sp³-hybridized carbons (Fsp3) is 0.273. The lowest BCUT2D eigenvalue weighted by atomic mass is 9.73. The summed E-state index contributed by atoms with van der Waals surface area (Å²) in [5.74, 6) is -0.171. The van der Waals surface area contributed by atoms with Crippen molar-refractivity contribution in [3.05, 3.63) is 69.9 Å². The lowest BCUT2D eigenvalue weighted by Gasteiger charge is -2.34. The van der Waals surface area contributed by atoms with E-state index in [9.17, 15) is 14.7 Å². The molecule has 0 saturated carbocycles. The Kier molecular flexibility index (Phi) is 4.85. The summed E-state index contributed by atoms with van der Waals surface area (Å²) in [6.45, 7) is 0. The molecule has 2 aliphatic rings. The molecule has 4 rings (SSSR count). The molecule has 1 heterocycles. The van der Waals surface area contributed by atoms with Gasteiger partial charge in [-0.3, -0.25) is 9.59 Å². The van der Waals surface area contributed by atoms with Crippen molar-refractivity contribution >= 4 is 23.3 Å². The first-order valence-electron chi connectivity index (χ1n) is 9.15. The van der Waals surface area contributed by atoms with Crippen LogP contribution in [0.1, 0.15) is 42.2 Å². The van der Waals surface area contributed by atoms with Gasteiger partial charge in [-0.2, -0.15) is 0 Å². The van der Waals surface area contributed by atoms with Crippen LogP contribution in [0.5, 0.6) is 11.5 Å². The van der Waals surface area contributed by atoms with Crippen LogP contribution in [0.4, 0.5) is 0 Å².